The van der Waals surface area contributed by atoms with Crippen LogP contribution in [0.2, 0.25) is 0 Å². The Bertz CT molecular complexity index is 835. The third-order valence-corrected chi connectivity index (χ3v) is 5.14. The summed E-state index contributed by atoms with van der Waals surface area (Å²) in [6.07, 6.45) is 2.00. The van der Waals surface area contributed by atoms with Gasteiger partial charge in [0, 0.05) is 13.0 Å². The van der Waals surface area contributed by atoms with Crippen LogP contribution in [0.4, 0.5) is 5.69 Å². The SMILES string of the molecule is CCCCN1C(=O)C[C@@H](C(=O)Nc2ccccc2O)[C@@H]1c1ccc(OC)cc1. The highest BCUT2D eigenvalue weighted by Gasteiger charge is 2.44. The number of phenols is 1. The molecule has 2 amide bonds. The van der Waals surface area contributed by atoms with Gasteiger partial charge in [0.15, 0.2) is 0 Å². The smallest absolute Gasteiger partial charge is 0.230 e. The number of aromatic hydroxyl groups is 1. The van der Waals surface area contributed by atoms with Gasteiger partial charge in [-0.15, -0.1) is 0 Å². The molecule has 2 aromatic rings. The Kier molecular flexibility index (Phi) is 6.19. The van der Waals surface area contributed by atoms with Crippen LogP contribution in [-0.4, -0.2) is 35.5 Å². The highest BCUT2D eigenvalue weighted by molar-refractivity contribution is 5.98. The van der Waals surface area contributed by atoms with Crippen molar-refractivity contribution in [3.8, 4) is 11.5 Å². The van der Waals surface area contributed by atoms with E-state index in [2.05, 4.69) is 12.2 Å². The number of ether oxygens (including phenoxy) is 1. The number of hydrogen-bond acceptors (Lipinski definition) is 4. The van der Waals surface area contributed by atoms with Crippen LogP contribution in [0, 0.1) is 5.92 Å². The standard InChI is InChI=1S/C22H26N2O4/c1-3-4-13-24-20(26)14-17(21(24)15-9-11-16(28-2)12-10-15)22(27)23-18-7-5-6-8-19(18)25/h5-12,17,21,25H,3-4,13-14H2,1-2H3,(H,23,27)/t17-,21+/m1/s1. The van der Waals surface area contributed by atoms with Crippen LogP contribution in [0.1, 0.15) is 37.8 Å². The van der Waals surface area contributed by atoms with E-state index < -0.39 is 5.92 Å². The first-order valence-corrected chi connectivity index (χ1v) is 9.57. The van der Waals surface area contributed by atoms with E-state index in [9.17, 15) is 14.7 Å². The molecule has 0 aromatic heterocycles. The van der Waals surface area contributed by atoms with Crippen molar-refractivity contribution in [3.63, 3.8) is 0 Å². The fourth-order valence-corrected chi connectivity index (χ4v) is 3.64. The minimum absolute atomic E-state index is 0.00371. The van der Waals surface area contributed by atoms with Gasteiger partial charge in [0.05, 0.1) is 24.8 Å². The van der Waals surface area contributed by atoms with E-state index in [0.717, 1.165) is 24.2 Å². The molecule has 0 radical (unpaired) electrons. The third kappa shape index (κ3) is 4.11. The molecule has 6 heteroatoms. The number of rotatable bonds is 7. The van der Waals surface area contributed by atoms with Gasteiger partial charge in [-0.05, 0) is 36.2 Å². The van der Waals surface area contributed by atoms with E-state index in [1.54, 1.807) is 30.2 Å². The van der Waals surface area contributed by atoms with Crippen molar-refractivity contribution in [2.24, 2.45) is 5.92 Å². The summed E-state index contributed by atoms with van der Waals surface area (Å²) in [7, 11) is 1.60. The summed E-state index contributed by atoms with van der Waals surface area (Å²) in [5.41, 5.74) is 1.25. The van der Waals surface area contributed by atoms with Gasteiger partial charge in [-0.3, -0.25) is 9.59 Å². The second-order valence-electron chi connectivity index (χ2n) is 6.98. The molecule has 3 rings (SSSR count). The molecule has 148 valence electrons. The Labute approximate surface area is 165 Å². The van der Waals surface area contributed by atoms with Crippen molar-refractivity contribution in [3.05, 3.63) is 54.1 Å². The summed E-state index contributed by atoms with van der Waals surface area (Å²) in [6, 6.07) is 13.7. The van der Waals surface area contributed by atoms with Crippen molar-refractivity contribution in [2.45, 2.75) is 32.2 Å². The summed E-state index contributed by atoms with van der Waals surface area (Å²) in [5, 5.41) is 12.7. The van der Waals surface area contributed by atoms with Gasteiger partial charge < -0.3 is 20.1 Å². The Morgan fingerprint density at radius 3 is 2.57 bits per heavy atom. The maximum atomic E-state index is 13.0. The highest BCUT2D eigenvalue weighted by atomic mass is 16.5. The van der Waals surface area contributed by atoms with E-state index >= 15 is 0 Å². The normalized spacial score (nSPS) is 18.9. The molecule has 1 saturated heterocycles. The molecule has 6 nitrogen and oxygen atoms in total. The molecule has 1 aliphatic heterocycles. The number of phenolic OH excluding ortho intramolecular Hbond substituents is 1. The maximum absolute atomic E-state index is 13.0. The number of nitrogens with zero attached hydrogens (tertiary/aromatic N) is 1. The van der Waals surface area contributed by atoms with Gasteiger partial charge in [-0.1, -0.05) is 37.6 Å². The van der Waals surface area contributed by atoms with Crippen molar-refractivity contribution < 1.29 is 19.4 Å². The minimum atomic E-state index is -0.530. The van der Waals surface area contributed by atoms with Gasteiger partial charge in [0.25, 0.3) is 0 Å². The Morgan fingerprint density at radius 1 is 1.21 bits per heavy atom. The summed E-state index contributed by atoms with van der Waals surface area (Å²) in [5.74, 6) is -0.0915. The molecule has 0 aliphatic carbocycles. The summed E-state index contributed by atoms with van der Waals surface area (Å²) in [4.78, 5) is 27.5. The number of unbranched alkanes of at least 4 members (excludes halogenated alkanes) is 1. The van der Waals surface area contributed by atoms with E-state index in [-0.39, 0.29) is 30.0 Å². The van der Waals surface area contributed by atoms with Crippen LogP contribution in [0.5, 0.6) is 11.5 Å². The largest absolute Gasteiger partial charge is 0.506 e. The molecule has 2 aromatic carbocycles. The second kappa shape index (κ2) is 8.78. The number of para-hydroxylation sites is 2. The highest BCUT2D eigenvalue weighted by Crippen LogP contribution is 2.40. The molecule has 2 atom stereocenters. The topological polar surface area (TPSA) is 78.9 Å². The van der Waals surface area contributed by atoms with Gasteiger partial charge in [0.2, 0.25) is 11.8 Å². The molecule has 0 saturated carbocycles. The van der Waals surface area contributed by atoms with Crippen LogP contribution < -0.4 is 10.1 Å². The number of hydrogen-bond donors (Lipinski definition) is 2. The summed E-state index contributed by atoms with van der Waals surface area (Å²) >= 11 is 0. The van der Waals surface area contributed by atoms with Crippen molar-refractivity contribution in [1.82, 2.24) is 4.90 Å². The lowest BCUT2D eigenvalue weighted by Gasteiger charge is -2.28. The molecular weight excluding hydrogens is 356 g/mol. The van der Waals surface area contributed by atoms with E-state index in [1.807, 2.05) is 24.3 Å². The predicted molar refractivity (Wildman–Crippen MR) is 107 cm³/mol. The molecule has 1 fully saturated rings. The maximum Gasteiger partial charge on any atom is 0.230 e. The van der Waals surface area contributed by atoms with Crippen LogP contribution >= 0.6 is 0 Å². The number of likely N-dealkylation sites (tertiary alicyclic amines) is 1. The number of methoxy groups -OCH3 is 1. The van der Waals surface area contributed by atoms with E-state index in [4.69, 9.17) is 4.74 Å². The number of nitrogens with one attached hydrogen (secondary N) is 1. The molecule has 2 N–H and O–H groups in total. The fraction of sp³-hybridized carbons (Fsp3) is 0.364. The zero-order chi connectivity index (χ0) is 20.1. The minimum Gasteiger partial charge on any atom is -0.506 e. The average Bonchev–Trinajstić information content (AvgIpc) is 3.04. The van der Waals surface area contributed by atoms with Gasteiger partial charge in [0.1, 0.15) is 11.5 Å². The van der Waals surface area contributed by atoms with Gasteiger partial charge in [-0.25, -0.2) is 0 Å². The quantitative estimate of drug-likeness (QED) is 0.715. The first-order valence-electron chi connectivity index (χ1n) is 9.57. The number of amides is 2. The summed E-state index contributed by atoms with van der Waals surface area (Å²) in [6.45, 7) is 2.69. The van der Waals surface area contributed by atoms with Crippen LogP contribution in [0.3, 0.4) is 0 Å². The van der Waals surface area contributed by atoms with E-state index in [0.29, 0.717) is 12.2 Å². The molecule has 1 heterocycles. The average molecular weight is 382 g/mol. The monoisotopic (exact) mass is 382 g/mol. The fourth-order valence-electron chi connectivity index (χ4n) is 3.64. The third-order valence-electron chi connectivity index (χ3n) is 5.14. The van der Waals surface area contributed by atoms with Crippen LogP contribution in [0.25, 0.3) is 0 Å². The molecule has 0 bridgehead atoms. The van der Waals surface area contributed by atoms with Gasteiger partial charge >= 0.3 is 0 Å². The lowest BCUT2D eigenvalue weighted by atomic mass is 9.92. The van der Waals surface area contributed by atoms with Crippen molar-refractivity contribution in [1.29, 1.82) is 0 Å². The lowest BCUT2D eigenvalue weighted by Crippen LogP contribution is -2.33. The van der Waals surface area contributed by atoms with Crippen LogP contribution in [-0.2, 0) is 9.59 Å². The number of anilines is 1. The Balaban J connectivity index is 1.89. The second-order valence-corrected chi connectivity index (χ2v) is 6.98. The Morgan fingerprint density at radius 2 is 1.93 bits per heavy atom. The predicted octanol–water partition coefficient (Wildman–Crippen LogP) is 3.73. The van der Waals surface area contributed by atoms with Gasteiger partial charge in [-0.2, -0.15) is 0 Å². The molecule has 28 heavy (non-hydrogen) atoms. The van der Waals surface area contributed by atoms with E-state index in [1.165, 1.54) is 6.07 Å². The zero-order valence-corrected chi connectivity index (χ0v) is 16.2. The molecule has 0 unspecified atom stereocenters. The first kappa shape index (κ1) is 19.7. The molecule has 1 aliphatic rings. The number of carbonyl (C=O) groups excluding carboxylic acids is 2. The van der Waals surface area contributed by atoms with Crippen molar-refractivity contribution in [2.75, 3.05) is 19.0 Å². The lowest BCUT2D eigenvalue weighted by molar-refractivity contribution is -0.129. The Hall–Kier alpha value is -3.02. The molecular formula is C22H26N2O4. The summed E-state index contributed by atoms with van der Waals surface area (Å²) < 4.78 is 5.22. The molecule has 0 spiro atoms. The van der Waals surface area contributed by atoms with Crippen molar-refractivity contribution >= 4 is 17.5 Å². The first-order chi connectivity index (χ1) is 13.5. The number of carbonyl (C=O) groups is 2. The number of benzene rings is 2. The zero-order valence-electron chi connectivity index (χ0n) is 16.2. The van der Waals surface area contributed by atoms with Crippen LogP contribution in [0.15, 0.2) is 48.5 Å².